The predicted octanol–water partition coefficient (Wildman–Crippen LogP) is 2.44. The van der Waals surface area contributed by atoms with Gasteiger partial charge < -0.3 is 14.2 Å². The maximum atomic E-state index is 12.6. The molecule has 1 N–H and O–H groups in total. The van der Waals surface area contributed by atoms with Crippen LogP contribution in [0.4, 0.5) is 0 Å². The van der Waals surface area contributed by atoms with E-state index in [2.05, 4.69) is 15.0 Å². The molecule has 0 aliphatic carbocycles. The molecular weight excluding hydrogens is 509 g/mol. The van der Waals surface area contributed by atoms with Crippen molar-refractivity contribution >= 4 is 28.6 Å². The lowest BCUT2D eigenvalue weighted by Crippen LogP contribution is -2.41. The van der Waals surface area contributed by atoms with Gasteiger partial charge in [0.25, 0.3) is 5.56 Å². The third-order valence-corrected chi connectivity index (χ3v) is 5.79. The summed E-state index contributed by atoms with van der Waals surface area (Å²) >= 11 is 1.96. The Morgan fingerprint density at radius 3 is 2.73 bits per heavy atom. The number of aromatic nitrogens is 2. The molecule has 0 spiro atoms. The van der Waals surface area contributed by atoms with Gasteiger partial charge in [-0.1, -0.05) is 27.7 Å². The monoisotopic (exact) mass is 527 g/mol. The maximum absolute atomic E-state index is 12.6. The first-order valence-corrected chi connectivity index (χ1v) is 10.3. The molecule has 11 nitrogen and oxygen atoms in total. The van der Waals surface area contributed by atoms with Crippen LogP contribution in [-0.2, 0) is 9.47 Å². The molecule has 1 fully saturated rings. The summed E-state index contributed by atoms with van der Waals surface area (Å²) in [4.78, 5) is 41.6. The molecule has 0 radical (unpaired) electrons. The standard InChI is InChI=1S/C18H18IN5O6/c1-10-8-24(17(27)21-15(10)25)14-7-13(18(9-19,30-14)22-23-20)29-16(26)11-3-5-12(28-2)6-4-11/h3-6,8,13-14H,7,9H2,1-2H3,(H,21,25,27)/t13?,14-,18-/m1/s1. The predicted molar refractivity (Wildman–Crippen MR) is 114 cm³/mol. The third kappa shape index (κ3) is 4.20. The molecular formula is C18H18IN5O6. The maximum Gasteiger partial charge on any atom is 0.338 e. The highest BCUT2D eigenvalue weighted by Gasteiger charge is 2.51. The molecule has 3 rings (SSSR count). The number of nitrogens with zero attached hydrogens (tertiary/aromatic N) is 4. The van der Waals surface area contributed by atoms with Gasteiger partial charge >= 0.3 is 11.7 Å². The summed E-state index contributed by atoms with van der Waals surface area (Å²) < 4.78 is 17.9. The van der Waals surface area contributed by atoms with E-state index in [4.69, 9.17) is 19.7 Å². The molecule has 0 saturated carbocycles. The Labute approximate surface area is 183 Å². The zero-order valence-corrected chi connectivity index (χ0v) is 18.2. The number of alkyl halides is 1. The lowest BCUT2D eigenvalue weighted by atomic mass is 10.1. The van der Waals surface area contributed by atoms with E-state index in [1.54, 1.807) is 31.2 Å². The van der Waals surface area contributed by atoms with Crippen molar-refractivity contribution < 1.29 is 19.0 Å². The van der Waals surface area contributed by atoms with Crippen LogP contribution in [0.3, 0.4) is 0 Å². The van der Waals surface area contributed by atoms with Gasteiger partial charge in [0, 0.05) is 27.5 Å². The number of carbonyl (C=O) groups is 1. The molecule has 2 aromatic rings. The molecule has 12 heteroatoms. The Kier molecular flexibility index (Phi) is 6.48. The van der Waals surface area contributed by atoms with E-state index in [0.717, 1.165) is 0 Å². The van der Waals surface area contributed by atoms with Gasteiger partial charge in [-0.25, -0.2) is 9.59 Å². The molecule has 158 valence electrons. The Hall–Kier alpha value is -2.83. The summed E-state index contributed by atoms with van der Waals surface area (Å²) in [7, 11) is 1.51. The second-order valence-electron chi connectivity index (χ2n) is 6.58. The number of carbonyl (C=O) groups excluding carboxylic acids is 1. The van der Waals surface area contributed by atoms with Crippen molar-refractivity contribution in [3.63, 3.8) is 0 Å². The number of hydrogen-bond acceptors (Lipinski definition) is 7. The van der Waals surface area contributed by atoms with Crippen LogP contribution in [0.25, 0.3) is 10.4 Å². The van der Waals surface area contributed by atoms with E-state index in [1.807, 2.05) is 22.6 Å². The number of aryl methyl sites for hydroxylation is 1. The first-order valence-electron chi connectivity index (χ1n) is 8.80. The van der Waals surface area contributed by atoms with Crippen LogP contribution in [0.2, 0.25) is 0 Å². The van der Waals surface area contributed by atoms with E-state index < -0.39 is 35.3 Å². The zero-order chi connectivity index (χ0) is 21.9. The third-order valence-electron chi connectivity index (χ3n) is 4.70. The number of aromatic amines is 1. The van der Waals surface area contributed by atoms with Crippen molar-refractivity contribution in [3.8, 4) is 5.75 Å². The van der Waals surface area contributed by atoms with Crippen molar-refractivity contribution in [1.29, 1.82) is 0 Å². The highest BCUT2D eigenvalue weighted by molar-refractivity contribution is 14.1. The normalized spacial score (nSPS) is 22.9. The van der Waals surface area contributed by atoms with Crippen LogP contribution in [0, 0.1) is 6.92 Å². The highest BCUT2D eigenvalue weighted by atomic mass is 127. The quantitative estimate of drug-likeness (QED) is 0.152. The highest BCUT2D eigenvalue weighted by Crippen LogP contribution is 2.41. The number of hydrogen-bond donors (Lipinski definition) is 1. The van der Waals surface area contributed by atoms with Crippen molar-refractivity contribution in [2.75, 3.05) is 11.5 Å². The van der Waals surface area contributed by atoms with E-state index in [9.17, 15) is 14.4 Å². The summed E-state index contributed by atoms with van der Waals surface area (Å²) in [5, 5.41) is 3.74. The number of esters is 1. The number of H-pyrrole nitrogens is 1. The van der Waals surface area contributed by atoms with Gasteiger partial charge in [0.15, 0.2) is 5.72 Å². The molecule has 30 heavy (non-hydrogen) atoms. The van der Waals surface area contributed by atoms with Crippen LogP contribution in [-0.4, -0.2) is 38.9 Å². The molecule has 0 bridgehead atoms. The number of rotatable bonds is 6. The summed E-state index contributed by atoms with van der Waals surface area (Å²) in [5.41, 5.74) is 6.93. The van der Waals surface area contributed by atoms with Crippen LogP contribution in [0.1, 0.15) is 28.6 Å². The minimum absolute atomic E-state index is 0.0509. The van der Waals surface area contributed by atoms with Crippen LogP contribution in [0.15, 0.2) is 45.2 Å². The van der Waals surface area contributed by atoms with Crippen molar-refractivity contribution in [1.82, 2.24) is 9.55 Å². The number of nitrogens with one attached hydrogen (secondary N) is 1. The van der Waals surface area contributed by atoms with Crippen LogP contribution in [0.5, 0.6) is 5.75 Å². The number of halogens is 1. The minimum atomic E-state index is -1.51. The lowest BCUT2D eigenvalue weighted by molar-refractivity contribution is -0.0865. The van der Waals surface area contributed by atoms with Gasteiger partial charge in [-0.05, 0) is 36.7 Å². The van der Waals surface area contributed by atoms with Crippen molar-refractivity contribution in [2.45, 2.75) is 31.4 Å². The van der Waals surface area contributed by atoms with E-state index in [1.165, 1.54) is 17.9 Å². The van der Waals surface area contributed by atoms with Gasteiger partial charge in [-0.2, -0.15) is 0 Å². The van der Waals surface area contributed by atoms with E-state index in [-0.39, 0.29) is 16.4 Å². The first-order chi connectivity index (χ1) is 14.3. The number of benzene rings is 1. The van der Waals surface area contributed by atoms with Gasteiger partial charge in [-0.3, -0.25) is 14.3 Å². The van der Waals surface area contributed by atoms with E-state index >= 15 is 0 Å². The zero-order valence-electron chi connectivity index (χ0n) is 16.1. The fraction of sp³-hybridized carbons (Fsp3) is 0.389. The van der Waals surface area contributed by atoms with Gasteiger partial charge in [-0.15, -0.1) is 0 Å². The Bertz CT molecular complexity index is 1110. The Morgan fingerprint density at radius 2 is 2.13 bits per heavy atom. The Morgan fingerprint density at radius 1 is 1.43 bits per heavy atom. The largest absolute Gasteiger partial charge is 0.497 e. The van der Waals surface area contributed by atoms with Crippen molar-refractivity contribution in [3.05, 3.63) is 72.9 Å². The average molecular weight is 527 g/mol. The second kappa shape index (κ2) is 8.90. The molecule has 1 saturated heterocycles. The first kappa shape index (κ1) is 21.9. The number of methoxy groups -OCH3 is 1. The SMILES string of the molecule is COc1ccc(C(=O)OC2C[C@H](n3cc(C)c(=O)[nH]c3=O)O[C@@]2(CI)N=[N+]=[N-])cc1. The van der Waals surface area contributed by atoms with Gasteiger partial charge in [0.1, 0.15) is 18.1 Å². The smallest absolute Gasteiger partial charge is 0.338 e. The molecule has 1 aliphatic heterocycles. The summed E-state index contributed by atoms with van der Waals surface area (Å²) in [6.45, 7) is 1.55. The van der Waals surface area contributed by atoms with Gasteiger partial charge in [0.05, 0.1) is 12.7 Å². The molecule has 0 amide bonds. The molecule has 3 atom stereocenters. The van der Waals surface area contributed by atoms with Crippen molar-refractivity contribution in [2.24, 2.45) is 5.11 Å². The number of ether oxygens (including phenoxy) is 3. The minimum Gasteiger partial charge on any atom is -0.497 e. The number of azide groups is 1. The molecule has 1 unspecified atom stereocenters. The van der Waals surface area contributed by atoms with Crippen LogP contribution < -0.4 is 16.0 Å². The molecule has 2 heterocycles. The Balaban J connectivity index is 1.92. The summed E-state index contributed by atoms with van der Waals surface area (Å²) in [6, 6.07) is 6.32. The summed E-state index contributed by atoms with van der Waals surface area (Å²) in [5.74, 6) is -0.0569. The molecule has 1 aliphatic rings. The molecule has 1 aromatic carbocycles. The molecule has 1 aromatic heterocycles. The fourth-order valence-electron chi connectivity index (χ4n) is 3.07. The summed E-state index contributed by atoms with van der Waals surface area (Å²) in [6.07, 6.45) is -0.450. The average Bonchev–Trinajstić information content (AvgIpc) is 3.09. The topological polar surface area (TPSA) is 148 Å². The van der Waals surface area contributed by atoms with Crippen LogP contribution >= 0.6 is 22.6 Å². The second-order valence-corrected chi connectivity index (χ2v) is 7.34. The van der Waals surface area contributed by atoms with E-state index in [0.29, 0.717) is 11.3 Å². The van der Waals surface area contributed by atoms with Gasteiger partial charge in [0.2, 0.25) is 0 Å². The lowest BCUT2D eigenvalue weighted by Gasteiger charge is -2.27. The fourth-order valence-corrected chi connectivity index (χ4v) is 3.89.